The SMILES string of the molecule is CCOP(=O)(OCC)C1(c2ccc(Br)cc2)CCCO1. The highest BCUT2D eigenvalue weighted by Gasteiger charge is 2.55. The van der Waals surface area contributed by atoms with Gasteiger partial charge in [0.1, 0.15) is 0 Å². The van der Waals surface area contributed by atoms with Crippen molar-refractivity contribution in [3.63, 3.8) is 0 Å². The van der Waals surface area contributed by atoms with E-state index >= 15 is 0 Å². The fourth-order valence-corrected chi connectivity index (χ4v) is 5.11. The summed E-state index contributed by atoms with van der Waals surface area (Å²) in [7, 11) is -3.37. The van der Waals surface area contributed by atoms with Gasteiger partial charge in [-0.15, -0.1) is 0 Å². The molecule has 1 unspecified atom stereocenters. The van der Waals surface area contributed by atoms with Gasteiger partial charge >= 0.3 is 7.60 Å². The topological polar surface area (TPSA) is 44.8 Å². The minimum absolute atomic E-state index is 0.332. The van der Waals surface area contributed by atoms with Crippen molar-refractivity contribution in [3.8, 4) is 0 Å². The first-order valence-electron chi connectivity index (χ1n) is 6.87. The summed E-state index contributed by atoms with van der Waals surface area (Å²) in [5.74, 6) is 0. The van der Waals surface area contributed by atoms with Crippen molar-refractivity contribution in [2.45, 2.75) is 32.0 Å². The molecule has 1 saturated heterocycles. The maximum absolute atomic E-state index is 13.2. The van der Waals surface area contributed by atoms with Gasteiger partial charge in [-0.2, -0.15) is 0 Å². The van der Waals surface area contributed by atoms with Gasteiger partial charge in [0.15, 0.2) is 5.34 Å². The van der Waals surface area contributed by atoms with Gasteiger partial charge in [-0.05, 0) is 44.4 Å². The zero-order valence-electron chi connectivity index (χ0n) is 11.8. The van der Waals surface area contributed by atoms with Crippen molar-refractivity contribution in [2.75, 3.05) is 19.8 Å². The van der Waals surface area contributed by atoms with Crippen molar-refractivity contribution in [2.24, 2.45) is 0 Å². The van der Waals surface area contributed by atoms with Crippen LogP contribution in [0.5, 0.6) is 0 Å². The fourth-order valence-electron chi connectivity index (χ4n) is 2.52. The molecule has 6 heteroatoms. The molecule has 1 heterocycles. The zero-order chi connectivity index (χ0) is 14.6. The number of benzene rings is 1. The number of hydrogen-bond acceptors (Lipinski definition) is 4. The lowest BCUT2D eigenvalue weighted by Gasteiger charge is -2.35. The molecule has 0 aromatic heterocycles. The average molecular weight is 363 g/mol. The Hall–Kier alpha value is -0.190. The maximum Gasteiger partial charge on any atom is 0.366 e. The van der Waals surface area contributed by atoms with E-state index in [1.807, 2.05) is 38.1 Å². The standard InChI is InChI=1S/C14H20BrO4P/c1-3-18-20(16,19-4-2)14(10-5-11-17-14)12-6-8-13(15)9-7-12/h6-9H,3-5,10-11H2,1-2H3. The second-order valence-corrected chi connectivity index (χ2v) is 7.73. The predicted molar refractivity (Wildman–Crippen MR) is 81.9 cm³/mol. The van der Waals surface area contributed by atoms with E-state index in [2.05, 4.69) is 15.9 Å². The minimum atomic E-state index is -3.37. The quantitative estimate of drug-likeness (QED) is 0.689. The maximum atomic E-state index is 13.2. The average Bonchev–Trinajstić information content (AvgIpc) is 2.91. The molecule has 1 aromatic rings. The summed E-state index contributed by atoms with van der Waals surface area (Å²) in [6.07, 6.45) is 1.49. The molecule has 20 heavy (non-hydrogen) atoms. The molecule has 1 aliphatic rings. The number of rotatable bonds is 6. The highest BCUT2D eigenvalue weighted by atomic mass is 79.9. The minimum Gasteiger partial charge on any atom is -0.358 e. The van der Waals surface area contributed by atoms with E-state index in [9.17, 15) is 4.57 Å². The van der Waals surface area contributed by atoms with E-state index in [0.717, 1.165) is 16.5 Å². The van der Waals surface area contributed by atoms with Crippen LogP contribution in [0, 0.1) is 0 Å². The lowest BCUT2D eigenvalue weighted by Crippen LogP contribution is -2.27. The largest absolute Gasteiger partial charge is 0.366 e. The Kier molecular flexibility index (Phi) is 5.43. The van der Waals surface area contributed by atoms with Gasteiger partial charge in [0.25, 0.3) is 0 Å². The molecule has 1 atom stereocenters. The van der Waals surface area contributed by atoms with Crippen molar-refractivity contribution in [3.05, 3.63) is 34.3 Å². The molecule has 0 radical (unpaired) electrons. The van der Waals surface area contributed by atoms with Gasteiger partial charge in [0, 0.05) is 11.1 Å². The zero-order valence-corrected chi connectivity index (χ0v) is 14.3. The molecule has 2 rings (SSSR count). The molecule has 4 nitrogen and oxygen atoms in total. The van der Waals surface area contributed by atoms with Gasteiger partial charge in [-0.3, -0.25) is 4.57 Å². The van der Waals surface area contributed by atoms with Crippen LogP contribution >= 0.6 is 23.5 Å². The monoisotopic (exact) mass is 362 g/mol. The molecule has 0 N–H and O–H groups in total. The van der Waals surface area contributed by atoms with Crippen LogP contribution in [0.1, 0.15) is 32.3 Å². The highest BCUT2D eigenvalue weighted by molar-refractivity contribution is 9.10. The van der Waals surface area contributed by atoms with E-state index in [0.29, 0.717) is 26.2 Å². The lowest BCUT2D eigenvalue weighted by atomic mass is 10.1. The third-order valence-corrected chi connectivity index (χ3v) is 6.56. The molecule has 1 aliphatic heterocycles. The Labute approximate surface area is 128 Å². The van der Waals surface area contributed by atoms with E-state index in [1.165, 1.54) is 0 Å². The van der Waals surface area contributed by atoms with E-state index in [4.69, 9.17) is 13.8 Å². The molecule has 0 spiro atoms. The Morgan fingerprint density at radius 1 is 1.25 bits per heavy atom. The molecule has 0 aliphatic carbocycles. The molecule has 0 bridgehead atoms. The van der Waals surface area contributed by atoms with Crippen molar-refractivity contribution in [1.82, 2.24) is 0 Å². The third-order valence-electron chi connectivity index (χ3n) is 3.34. The van der Waals surface area contributed by atoms with Gasteiger partial charge in [0.05, 0.1) is 13.2 Å². The molecular formula is C14H20BrO4P. The molecule has 0 amide bonds. The summed E-state index contributed by atoms with van der Waals surface area (Å²) in [5.41, 5.74) is 0.850. The third kappa shape index (κ3) is 2.88. The molecule has 112 valence electrons. The van der Waals surface area contributed by atoms with Crippen molar-refractivity contribution in [1.29, 1.82) is 0 Å². The lowest BCUT2D eigenvalue weighted by molar-refractivity contribution is 0.0320. The number of hydrogen-bond donors (Lipinski definition) is 0. The summed E-state index contributed by atoms with van der Waals surface area (Å²) >= 11 is 3.41. The van der Waals surface area contributed by atoms with E-state index < -0.39 is 12.9 Å². The number of ether oxygens (including phenoxy) is 1. The molecule has 1 aromatic carbocycles. The highest BCUT2D eigenvalue weighted by Crippen LogP contribution is 2.69. The second kappa shape index (κ2) is 6.71. The first-order valence-corrected chi connectivity index (χ1v) is 9.21. The summed E-state index contributed by atoms with van der Waals surface area (Å²) in [4.78, 5) is 0. The molecule has 0 saturated carbocycles. The van der Waals surface area contributed by atoms with Gasteiger partial charge in [-0.25, -0.2) is 0 Å². The Morgan fingerprint density at radius 3 is 2.30 bits per heavy atom. The van der Waals surface area contributed by atoms with Crippen LogP contribution < -0.4 is 0 Å². The van der Waals surface area contributed by atoms with E-state index in [1.54, 1.807) is 0 Å². The smallest absolute Gasteiger partial charge is 0.358 e. The first-order chi connectivity index (χ1) is 9.58. The van der Waals surface area contributed by atoms with Crippen LogP contribution in [0.4, 0.5) is 0 Å². The van der Waals surface area contributed by atoms with Crippen LogP contribution in [0.3, 0.4) is 0 Å². The molecule has 1 fully saturated rings. The Bertz CT molecular complexity index is 472. The van der Waals surface area contributed by atoms with Crippen LogP contribution in [0.2, 0.25) is 0 Å². The van der Waals surface area contributed by atoms with Crippen LogP contribution in [0.25, 0.3) is 0 Å². The van der Waals surface area contributed by atoms with Gasteiger partial charge in [-0.1, -0.05) is 28.1 Å². The predicted octanol–water partition coefficient (Wildman–Crippen LogP) is 4.68. The summed E-state index contributed by atoms with van der Waals surface area (Å²) in [5, 5.41) is -0.972. The van der Waals surface area contributed by atoms with Crippen molar-refractivity contribution < 1.29 is 18.3 Å². The Balaban J connectivity index is 2.47. The Morgan fingerprint density at radius 2 is 1.85 bits per heavy atom. The van der Waals surface area contributed by atoms with Gasteiger partial charge < -0.3 is 13.8 Å². The molecular weight excluding hydrogens is 343 g/mol. The van der Waals surface area contributed by atoms with E-state index in [-0.39, 0.29) is 0 Å². The second-order valence-electron chi connectivity index (χ2n) is 4.58. The summed E-state index contributed by atoms with van der Waals surface area (Å²) in [6, 6.07) is 7.67. The van der Waals surface area contributed by atoms with Crippen LogP contribution in [-0.2, 0) is 23.7 Å². The summed E-state index contributed by atoms with van der Waals surface area (Å²) < 4.78 is 31.2. The fraction of sp³-hybridized carbons (Fsp3) is 0.571. The number of halogens is 1. The first kappa shape index (κ1) is 16.2. The van der Waals surface area contributed by atoms with Crippen molar-refractivity contribution >= 4 is 23.5 Å². The van der Waals surface area contributed by atoms with Gasteiger partial charge in [0.2, 0.25) is 0 Å². The summed E-state index contributed by atoms with van der Waals surface area (Å²) in [6.45, 7) is 4.86. The normalized spacial score (nSPS) is 23.1. The van der Waals surface area contributed by atoms with Crippen LogP contribution in [-0.4, -0.2) is 19.8 Å². The van der Waals surface area contributed by atoms with Crippen LogP contribution in [0.15, 0.2) is 28.7 Å².